The van der Waals surface area contributed by atoms with Crippen LogP contribution in [0.2, 0.25) is 0 Å². The summed E-state index contributed by atoms with van der Waals surface area (Å²) >= 11 is 1.43. The Hall–Kier alpha value is -4.62. The van der Waals surface area contributed by atoms with Crippen LogP contribution in [0.5, 0.6) is 0 Å². The van der Waals surface area contributed by atoms with E-state index in [9.17, 15) is 14.4 Å². The maximum atomic E-state index is 13.4. The Labute approximate surface area is 238 Å². The van der Waals surface area contributed by atoms with Gasteiger partial charge in [-0.3, -0.25) is 14.4 Å². The van der Waals surface area contributed by atoms with Gasteiger partial charge < -0.3 is 15.5 Å². The fourth-order valence-electron chi connectivity index (χ4n) is 4.53. The molecule has 1 aliphatic heterocycles. The SMILES string of the molecule is Cc1ccccc1/C=C(\NC(=O)c1ccccc1)C(=O)Nc1cccc(SCC(=O)N2CCc3ccccc32)c1. The molecule has 0 fully saturated rings. The molecule has 0 bridgehead atoms. The Morgan fingerprint density at radius 2 is 1.62 bits per heavy atom. The molecule has 0 aromatic heterocycles. The highest BCUT2D eigenvalue weighted by Crippen LogP contribution is 2.29. The zero-order chi connectivity index (χ0) is 27.9. The predicted octanol–water partition coefficient (Wildman–Crippen LogP) is 6.09. The van der Waals surface area contributed by atoms with Gasteiger partial charge in [-0.05, 0) is 72.5 Å². The molecule has 1 heterocycles. The van der Waals surface area contributed by atoms with Crippen LogP contribution < -0.4 is 15.5 Å². The van der Waals surface area contributed by atoms with E-state index < -0.39 is 5.91 Å². The number of benzene rings is 4. The lowest BCUT2D eigenvalue weighted by Gasteiger charge is -2.17. The maximum absolute atomic E-state index is 13.4. The van der Waals surface area contributed by atoms with E-state index in [2.05, 4.69) is 16.7 Å². The van der Waals surface area contributed by atoms with Gasteiger partial charge in [0, 0.05) is 28.4 Å². The van der Waals surface area contributed by atoms with Crippen LogP contribution in [0.3, 0.4) is 0 Å². The van der Waals surface area contributed by atoms with Gasteiger partial charge in [0.2, 0.25) is 5.91 Å². The van der Waals surface area contributed by atoms with E-state index in [1.165, 1.54) is 17.3 Å². The summed E-state index contributed by atoms with van der Waals surface area (Å²) < 4.78 is 0. The molecule has 200 valence electrons. The smallest absolute Gasteiger partial charge is 0.272 e. The Morgan fingerprint density at radius 3 is 2.45 bits per heavy atom. The molecule has 6 nitrogen and oxygen atoms in total. The van der Waals surface area contributed by atoms with Crippen molar-refractivity contribution in [3.8, 4) is 0 Å². The number of fused-ring (bicyclic) bond motifs is 1. The molecule has 0 spiro atoms. The second-order valence-corrected chi connectivity index (χ2v) is 10.5. The van der Waals surface area contributed by atoms with Crippen LogP contribution in [-0.4, -0.2) is 30.0 Å². The summed E-state index contributed by atoms with van der Waals surface area (Å²) in [5.41, 5.74) is 5.13. The Balaban J connectivity index is 1.29. The predicted molar refractivity (Wildman–Crippen MR) is 161 cm³/mol. The molecular formula is C33H29N3O3S. The van der Waals surface area contributed by atoms with Crippen LogP contribution >= 0.6 is 11.8 Å². The molecule has 3 amide bonds. The largest absolute Gasteiger partial charge is 0.321 e. The third-order valence-corrected chi connectivity index (χ3v) is 7.64. The van der Waals surface area contributed by atoms with Crippen LogP contribution in [-0.2, 0) is 16.0 Å². The summed E-state index contributed by atoms with van der Waals surface area (Å²) in [6.45, 7) is 2.64. The van der Waals surface area contributed by atoms with Crippen molar-refractivity contribution in [2.24, 2.45) is 0 Å². The molecule has 4 aromatic rings. The van der Waals surface area contributed by atoms with E-state index in [1.54, 1.807) is 36.4 Å². The first-order chi connectivity index (χ1) is 19.5. The van der Waals surface area contributed by atoms with Crippen molar-refractivity contribution in [2.75, 3.05) is 22.5 Å². The van der Waals surface area contributed by atoms with Gasteiger partial charge in [-0.1, -0.05) is 66.7 Å². The zero-order valence-corrected chi connectivity index (χ0v) is 22.9. The Morgan fingerprint density at radius 1 is 0.875 bits per heavy atom. The molecule has 5 rings (SSSR count). The van der Waals surface area contributed by atoms with Crippen LogP contribution in [0.4, 0.5) is 11.4 Å². The number of para-hydroxylation sites is 1. The molecule has 4 aromatic carbocycles. The van der Waals surface area contributed by atoms with Crippen LogP contribution in [0.25, 0.3) is 6.08 Å². The molecule has 0 aliphatic carbocycles. The van der Waals surface area contributed by atoms with Crippen molar-refractivity contribution < 1.29 is 14.4 Å². The molecule has 0 saturated carbocycles. The normalized spacial score (nSPS) is 12.5. The molecule has 0 unspecified atom stereocenters. The van der Waals surface area contributed by atoms with Gasteiger partial charge in [0.15, 0.2) is 0 Å². The summed E-state index contributed by atoms with van der Waals surface area (Å²) in [4.78, 5) is 41.9. The highest BCUT2D eigenvalue weighted by atomic mass is 32.2. The highest BCUT2D eigenvalue weighted by molar-refractivity contribution is 8.00. The zero-order valence-electron chi connectivity index (χ0n) is 22.1. The lowest BCUT2D eigenvalue weighted by Crippen LogP contribution is -2.30. The highest BCUT2D eigenvalue weighted by Gasteiger charge is 2.24. The second kappa shape index (κ2) is 12.5. The first-order valence-electron chi connectivity index (χ1n) is 13.0. The number of amides is 3. The van der Waals surface area contributed by atoms with Crippen molar-refractivity contribution in [2.45, 2.75) is 18.2 Å². The van der Waals surface area contributed by atoms with E-state index in [0.717, 1.165) is 28.1 Å². The number of thioether (sulfide) groups is 1. The lowest BCUT2D eigenvalue weighted by atomic mass is 10.1. The summed E-state index contributed by atoms with van der Waals surface area (Å²) in [6, 6.07) is 31.8. The average Bonchev–Trinajstić information content (AvgIpc) is 3.42. The molecule has 1 aliphatic rings. The molecule has 0 saturated heterocycles. The first kappa shape index (κ1) is 27.0. The Bertz CT molecular complexity index is 1580. The minimum atomic E-state index is -0.445. The lowest BCUT2D eigenvalue weighted by molar-refractivity contribution is -0.116. The number of nitrogens with one attached hydrogen (secondary N) is 2. The summed E-state index contributed by atoms with van der Waals surface area (Å²) in [6.07, 6.45) is 2.55. The molecule has 0 radical (unpaired) electrons. The number of carbonyl (C=O) groups excluding carboxylic acids is 3. The van der Waals surface area contributed by atoms with Gasteiger partial charge in [-0.15, -0.1) is 11.8 Å². The molecule has 40 heavy (non-hydrogen) atoms. The van der Waals surface area contributed by atoms with E-state index in [0.29, 0.717) is 17.8 Å². The van der Waals surface area contributed by atoms with E-state index in [4.69, 9.17) is 0 Å². The topological polar surface area (TPSA) is 78.5 Å². The van der Waals surface area contributed by atoms with Crippen LogP contribution in [0.15, 0.2) is 114 Å². The van der Waals surface area contributed by atoms with Crippen LogP contribution in [0.1, 0.15) is 27.0 Å². The quantitative estimate of drug-likeness (QED) is 0.207. The number of hydrogen-bond acceptors (Lipinski definition) is 4. The van der Waals surface area contributed by atoms with E-state index >= 15 is 0 Å². The van der Waals surface area contributed by atoms with Crippen molar-refractivity contribution in [3.63, 3.8) is 0 Å². The number of rotatable bonds is 8. The third-order valence-electron chi connectivity index (χ3n) is 6.66. The number of anilines is 2. The minimum Gasteiger partial charge on any atom is -0.321 e. The first-order valence-corrected chi connectivity index (χ1v) is 14.0. The Kier molecular flexibility index (Phi) is 8.42. The van der Waals surface area contributed by atoms with Gasteiger partial charge >= 0.3 is 0 Å². The van der Waals surface area contributed by atoms with Crippen LogP contribution in [0, 0.1) is 6.92 Å². The van der Waals surface area contributed by atoms with Gasteiger partial charge in [-0.25, -0.2) is 0 Å². The molecule has 7 heteroatoms. The standard InChI is InChI=1S/C33H29N3O3S/c1-23-10-5-6-14-26(23)20-29(35-32(38)25-12-3-2-4-13-25)33(39)34-27-15-9-16-28(21-27)40-22-31(37)36-19-18-24-11-7-8-17-30(24)36/h2-17,20-21H,18-19,22H2,1H3,(H,34,39)(H,35,38)/b29-20-. The molecular weight excluding hydrogens is 518 g/mol. The van der Waals surface area contributed by atoms with Gasteiger partial charge in [0.25, 0.3) is 11.8 Å². The van der Waals surface area contributed by atoms with E-state index in [-0.39, 0.29) is 23.3 Å². The maximum Gasteiger partial charge on any atom is 0.272 e. The van der Waals surface area contributed by atoms with Crippen molar-refractivity contribution in [1.29, 1.82) is 0 Å². The molecule has 0 atom stereocenters. The summed E-state index contributed by atoms with van der Waals surface area (Å²) in [5.74, 6) is -0.477. The van der Waals surface area contributed by atoms with Gasteiger partial charge in [0.05, 0.1) is 5.75 Å². The van der Waals surface area contributed by atoms with Gasteiger partial charge in [-0.2, -0.15) is 0 Å². The minimum absolute atomic E-state index is 0.0523. The summed E-state index contributed by atoms with van der Waals surface area (Å²) in [7, 11) is 0. The van der Waals surface area contributed by atoms with Crippen molar-refractivity contribution in [1.82, 2.24) is 5.32 Å². The number of aryl methyl sites for hydroxylation is 1. The monoisotopic (exact) mass is 547 g/mol. The number of carbonyl (C=O) groups is 3. The molecule has 2 N–H and O–H groups in total. The second-order valence-electron chi connectivity index (χ2n) is 9.43. The van der Waals surface area contributed by atoms with Crippen molar-refractivity contribution >= 4 is 46.9 Å². The summed E-state index contributed by atoms with van der Waals surface area (Å²) in [5, 5.41) is 5.68. The number of hydrogen-bond donors (Lipinski definition) is 2. The number of nitrogens with zero attached hydrogens (tertiary/aromatic N) is 1. The fraction of sp³-hybridized carbons (Fsp3) is 0.121. The van der Waals surface area contributed by atoms with Gasteiger partial charge in [0.1, 0.15) is 5.70 Å². The van der Waals surface area contributed by atoms with Crippen molar-refractivity contribution in [3.05, 3.63) is 131 Å². The van der Waals surface area contributed by atoms with E-state index in [1.807, 2.05) is 78.6 Å². The fourth-order valence-corrected chi connectivity index (χ4v) is 5.36. The average molecular weight is 548 g/mol. The third kappa shape index (κ3) is 6.50.